The summed E-state index contributed by atoms with van der Waals surface area (Å²) in [6.45, 7) is 4.94. The van der Waals surface area contributed by atoms with Gasteiger partial charge in [0.2, 0.25) is 0 Å². The Balaban J connectivity index is 3.18. The van der Waals surface area contributed by atoms with Crippen molar-refractivity contribution in [3.8, 4) is 5.75 Å². The average molecular weight is 285 g/mol. The Labute approximate surface area is 115 Å². The Kier molecular flexibility index (Phi) is 4.54. The number of hydrogen-bond acceptors (Lipinski definition) is 4. The van der Waals surface area contributed by atoms with Gasteiger partial charge < -0.3 is 14.6 Å². The van der Waals surface area contributed by atoms with Crippen LogP contribution in [0.25, 0.3) is 0 Å². The third kappa shape index (κ3) is 3.84. The van der Waals surface area contributed by atoms with Gasteiger partial charge >= 0.3 is 12.1 Å². The van der Waals surface area contributed by atoms with Crippen molar-refractivity contribution in [3.05, 3.63) is 23.5 Å². The van der Waals surface area contributed by atoms with Crippen LogP contribution < -0.4 is 10.1 Å². The highest BCUT2D eigenvalue weighted by molar-refractivity contribution is 6.01. The molecule has 0 atom stereocenters. The number of benzene rings is 1. The summed E-state index contributed by atoms with van der Waals surface area (Å²) in [5.41, 5.74) is -1.74. The van der Waals surface area contributed by atoms with Crippen LogP contribution in [0.2, 0.25) is 0 Å². The fourth-order valence-corrected chi connectivity index (χ4v) is 1.47. The summed E-state index contributed by atoms with van der Waals surface area (Å²) >= 11 is 0. The lowest BCUT2D eigenvalue weighted by Crippen LogP contribution is -2.28. The molecule has 2 N–H and O–H groups in total. The number of carboxylic acid groups (broad SMARTS) is 1. The number of halogens is 1. The van der Waals surface area contributed by atoms with Gasteiger partial charge in [-0.2, -0.15) is 0 Å². The highest BCUT2D eigenvalue weighted by Gasteiger charge is 2.24. The van der Waals surface area contributed by atoms with Gasteiger partial charge in [-0.05, 0) is 32.9 Å². The van der Waals surface area contributed by atoms with Gasteiger partial charge in [0, 0.05) is 0 Å². The van der Waals surface area contributed by atoms with Crippen molar-refractivity contribution in [1.29, 1.82) is 0 Å². The van der Waals surface area contributed by atoms with Crippen LogP contribution in [0.1, 0.15) is 31.1 Å². The Hall–Kier alpha value is -2.31. The molecule has 0 saturated carbocycles. The van der Waals surface area contributed by atoms with Crippen LogP contribution in [-0.2, 0) is 4.74 Å². The van der Waals surface area contributed by atoms with E-state index < -0.39 is 29.0 Å². The zero-order valence-electron chi connectivity index (χ0n) is 11.6. The Morgan fingerprint density at radius 3 is 2.35 bits per heavy atom. The number of amides is 1. The maximum absolute atomic E-state index is 13.6. The van der Waals surface area contributed by atoms with Crippen LogP contribution >= 0.6 is 0 Å². The van der Waals surface area contributed by atoms with E-state index in [2.05, 4.69) is 5.32 Å². The minimum Gasteiger partial charge on any atom is -0.495 e. The van der Waals surface area contributed by atoms with Gasteiger partial charge in [0.1, 0.15) is 28.4 Å². The summed E-state index contributed by atoms with van der Waals surface area (Å²) in [6, 6.07) is 2.16. The topological polar surface area (TPSA) is 84.9 Å². The van der Waals surface area contributed by atoms with Crippen molar-refractivity contribution in [2.24, 2.45) is 0 Å². The van der Waals surface area contributed by atoms with Crippen LogP contribution in [0.15, 0.2) is 12.1 Å². The standard InChI is InChI=1S/C13H16FNO5/c1-13(2,3)20-12(18)15-10-8(19-4)6-5-7(14)9(10)11(16)17/h5-6H,1-4H3,(H,15,18)(H,16,17). The highest BCUT2D eigenvalue weighted by Crippen LogP contribution is 2.31. The van der Waals surface area contributed by atoms with Crippen molar-refractivity contribution in [2.45, 2.75) is 26.4 Å². The maximum Gasteiger partial charge on any atom is 0.412 e. The van der Waals surface area contributed by atoms with Gasteiger partial charge in [-0.15, -0.1) is 0 Å². The molecule has 7 heteroatoms. The van der Waals surface area contributed by atoms with Crippen LogP contribution in [0.3, 0.4) is 0 Å². The molecule has 0 unspecified atom stereocenters. The number of aromatic carboxylic acids is 1. The fourth-order valence-electron chi connectivity index (χ4n) is 1.47. The zero-order chi connectivity index (χ0) is 15.5. The Morgan fingerprint density at radius 2 is 1.90 bits per heavy atom. The zero-order valence-corrected chi connectivity index (χ0v) is 11.6. The first-order chi connectivity index (χ1) is 9.15. The van der Waals surface area contributed by atoms with Crippen molar-refractivity contribution >= 4 is 17.7 Å². The lowest BCUT2D eigenvalue weighted by atomic mass is 10.1. The largest absolute Gasteiger partial charge is 0.495 e. The van der Waals surface area contributed by atoms with Crippen LogP contribution in [0.4, 0.5) is 14.9 Å². The molecule has 20 heavy (non-hydrogen) atoms. The maximum atomic E-state index is 13.6. The predicted octanol–water partition coefficient (Wildman–Crippen LogP) is 2.88. The first kappa shape index (κ1) is 15.7. The Morgan fingerprint density at radius 1 is 1.30 bits per heavy atom. The highest BCUT2D eigenvalue weighted by atomic mass is 19.1. The molecule has 6 nitrogen and oxygen atoms in total. The molecule has 1 aromatic rings. The summed E-state index contributed by atoms with van der Waals surface area (Å²) in [6.07, 6.45) is -0.899. The first-order valence-corrected chi connectivity index (χ1v) is 5.75. The molecule has 1 aromatic carbocycles. The van der Waals surface area contributed by atoms with E-state index in [4.69, 9.17) is 14.6 Å². The third-order valence-corrected chi connectivity index (χ3v) is 2.18. The van der Waals surface area contributed by atoms with E-state index in [0.717, 1.165) is 6.07 Å². The van der Waals surface area contributed by atoms with E-state index in [1.165, 1.54) is 13.2 Å². The fraction of sp³-hybridized carbons (Fsp3) is 0.385. The van der Waals surface area contributed by atoms with Gasteiger partial charge in [-0.25, -0.2) is 14.0 Å². The number of carbonyl (C=O) groups excluding carboxylic acids is 1. The minimum absolute atomic E-state index is 0.0228. The number of carbonyl (C=O) groups is 2. The summed E-state index contributed by atoms with van der Waals surface area (Å²) in [5, 5.41) is 11.2. The van der Waals surface area contributed by atoms with Crippen molar-refractivity contribution < 1.29 is 28.6 Å². The first-order valence-electron chi connectivity index (χ1n) is 5.75. The van der Waals surface area contributed by atoms with E-state index >= 15 is 0 Å². The smallest absolute Gasteiger partial charge is 0.412 e. The molecule has 0 radical (unpaired) electrons. The number of methoxy groups -OCH3 is 1. The quantitative estimate of drug-likeness (QED) is 0.892. The molecular weight excluding hydrogens is 269 g/mol. The van der Waals surface area contributed by atoms with Gasteiger partial charge in [-0.3, -0.25) is 5.32 Å². The predicted molar refractivity (Wildman–Crippen MR) is 69.8 cm³/mol. The summed E-state index contributed by atoms with van der Waals surface area (Å²) in [5.74, 6) is -2.48. The second-order valence-corrected chi connectivity index (χ2v) is 4.93. The lowest BCUT2D eigenvalue weighted by molar-refractivity contribution is 0.0635. The van der Waals surface area contributed by atoms with E-state index in [-0.39, 0.29) is 11.4 Å². The second-order valence-electron chi connectivity index (χ2n) is 4.93. The van der Waals surface area contributed by atoms with Gasteiger partial charge in [0.25, 0.3) is 0 Å². The summed E-state index contributed by atoms with van der Waals surface area (Å²) < 4.78 is 23.5. The molecule has 0 saturated heterocycles. The van der Waals surface area contributed by atoms with Gasteiger partial charge in [0.15, 0.2) is 0 Å². The molecule has 0 bridgehead atoms. The van der Waals surface area contributed by atoms with Gasteiger partial charge in [0.05, 0.1) is 7.11 Å². The molecule has 0 aromatic heterocycles. The molecule has 0 aliphatic carbocycles. The number of rotatable bonds is 3. The van der Waals surface area contributed by atoms with Crippen molar-refractivity contribution in [2.75, 3.05) is 12.4 Å². The van der Waals surface area contributed by atoms with E-state index in [1.54, 1.807) is 20.8 Å². The molecule has 1 rings (SSSR count). The molecule has 0 fully saturated rings. The molecule has 0 aliphatic rings. The molecule has 0 spiro atoms. The van der Waals surface area contributed by atoms with Crippen LogP contribution in [0, 0.1) is 5.82 Å². The number of ether oxygens (including phenoxy) is 2. The van der Waals surface area contributed by atoms with Crippen molar-refractivity contribution in [1.82, 2.24) is 0 Å². The molecule has 0 aliphatic heterocycles. The third-order valence-electron chi connectivity index (χ3n) is 2.18. The van der Waals surface area contributed by atoms with E-state index in [1.807, 2.05) is 0 Å². The van der Waals surface area contributed by atoms with Crippen LogP contribution in [0.5, 0.6) is 5.75 Å². The number of hydrogen-bond donors (Lipinski definition) is 2. The van der Waals surface area contributed by atoms with Crippen molar-refractivity contribution in [3.63, 3.8) is 0 Å². The SMILES string of the molecule is COc1ccc(F)c(C(=O)O)c1NC(=O)OC(C)(C)C. The number of nitrogens with one attached hydrogen (secondary N) is 1. The average Bonchev–Trinajstić information content (AvgIpc) is 2.26. The molecular formula is C13H16FNO5. The van der Waals surface area contributed by atoms with Gasteiger partial charge in [-0.1, -0.05) is 0 Å². The monoisotopic (exact) mass is 285 g/mol. The number of carboxylic acids is 1. The number of anilines is 1. The molecule has 1 amide bonds. The molecule has 110 valence electrons. The second kappa shape index (κ2) is 5.77. The normalized spacial score (nSPS) is 10.8. The van der Waals surface area contributed by atoms with E-state index in [9.17, 15) is 14.0 Å². The minimum atomic E-state index is -1.52. The summed E-state index contributed by atoms with van der Waals surface area (Å²) in [4.78, 5) is 22.8. The van der Waals surface area contributed by atoms with Crippen LogP contribution in [-0.4, -0.2) is 29.9 Å². The summed E-state index contributed by atoms with van der Waals surface area (Å²) in [7, 11) is 1.28. The van der Waals surface area contributed by atoms with E-state index in [0.29, 0.717) is 0 Å². The lowest BCUT2D eigenvalue weighted by Gasteiger charge is -2.21. The Bertz CT molecular complexity index is 536. The molecule has 0 heterocycles.